The highest BCUT2D eigenvalue weighted by molar-refractivity contribution is 4.82. The average Bonchev–Trinajstić information content (AvgIpc) is 2.11. The molecule has 3 atom stereocenters. The maximum Gasteiger partial charge on any atom is 0.0292 e. The molecule has 0 aromatic carbocycles. The number of nitrogens with two attached hydrogens (primary N) is 2. The fourth-order valence-corrected chi connectivity index (χ4v) is 2.18. The number of hydrogen-bond acceptors (Lipinski definition) is 3. The number of rotatable bonds is 3. The van der Waals surface area contributed by atoms with Crippen molar-refractivity contribution in [3.8, 4) is 0 Å². The molecule has 3 nitrogen and oxygen atoms in total. The van der Waals surface area contributed by atoms with Gasteiger partial charge in [0.15, 0.2) is 0 Å². The fourth-order valence-electron chi connectivity index (χ4n) is 2.18. The summed E-state index contributed by atoms with van der Waals surface area (Å²) >= 11 is 0. The smallest absolute Gasteiger partial charge is 0.0292 e. The SMILES string of the molecule is C[C@@H]1CCC[C@H](C)N1C[C@H](N)CN. The Morgan fingerprint density at radius 3 is 2.31 bits per heavy atom. The van der Waals surface area contributed by atoms with Crippen LogP contribution in [-0.2, 0) is 0 Å². The van der Waals surface area contributed by atoms with Crippen LogP contribution in [0.1, 0.15) is 33.1 Å². The van der Waals surface area contributed by atoms with E-state index in [1.54, 1.807) is 0 Å². The zero-order chi connectivity index (χ0) is 9.84. The van der Waals surface area contributed by atoms with Crippen molar-refractivity contribution >= 4 is 0 Å². The largest absolute Gasteiger partial charge is 0.329 e. The molecule has 0 saturated carbocycles. The summed E-state index contributed by atoms with van der Waals surface area (Å²) in [4.78, 5) is 2.50. The van der Waals surface area contributed by atoms with E-state index in [1.807, 2.05) is 0 Å². The molecule has 0 radical (unpaired) electrons. The predicted octanol–water partition coefficient (Wildman–Crippen LogP) is 0.535. The number of hydrogen-bond donors (Lipinski definition) is 2. The molecule has 3 heteroatoms. The van der Waals surface area contributed by atoms with Gasteiger partial charge in [-0.3, -0.25) is 4.90 Å². The molecule has 1 aliphatic rings. The predicted molar refractivity (Wildman–Crippen MR) is 56.5 cm³/mol. The number of nitrogens with zero attached hydrogens (tertiary/aromatic N) is 1. The van der Waals surface area contributed by atoms with E-state index in [0.717, 1.165) is 6.54 Å². The average molecular weight is 185 g/mol. The molecule has 4 N–H and O–H groups in total. The van der Waals surface area contributed by atoms with Gasteiger partial charge in [0, 0.05) is 31.2 Å². The monoisotopic (exact) mass is 185 g/mol. The van der Waals surface area contributed by atoms with Gasteiger partial charge in [0.2, 0.25) is 0 Å². The minimum atomic E-state index is 0.142. The van der Waals surface area contributed by atoms with Crippen LogP contribution in [0, 0.1) is 0 Å². The van der Waals surface area contributed by atoms with Gasteiger partial charge in [-0.1, -0.05) is 6.42 Å². The third kappa shape index (κ3) is 2.93. The van der Waals surface area contributed by atoms with Crippen molar-refractivity contribution < 1.29 is 0 Å². The molecule has 0 aromatic heterocycles. The van der Waals surface area contributed by atoms with Crippen molar-refractivity contribution in [3.05, 3.63) is 0 Å². The molecule has 1 saturated heterocycles. The first-order valence-corrected chi connectivity index (χ1v) is 5.36. The summed E-state index contributed by atoms with van der Waals surface area (Å²) in [5.41, 5.74) is 11.4. The number of piperidine rings is 1. The molecule has 0 amide bonds. The van der Waals surface area contributed by atoms with Crippen LogP contribution in [0.2, 0.25) is 0 Å². The van der Waals surface area contributed by atoms with E-state index in [0.29, 0.717) is 18.6 Å². The standard InChI is InChI=1S/C10H23N3/c1-8-4-3-5-9(2)13(8)7-10(12)6-11/h8-10H,3-7,11-12H2,1-2H3/t8-,9+,10-/m1/s1. The highest BCUT2D eigenvalue weighted by atomic mass is 15.2. The zero-order valence-electron chi connectivity index (χ0n) is 8.87. The van der Waals surface area contributed by atoms with Crippen LogP contribution in [0.3, 0.4) is 0 Å². The summed E-state index contributed by atoms with van der Waals surface area (Å²) in [5, 5.41) is 0. The highest BCUT2D eigenvalue weighted by Crippen LogP contribution is 2.21. The van der Waals surface area contributed by atoms with E-state index < -0.39 is 0 Å². The lowest BCUT2D eigenvalue weighted by atomic mass is 9.97. The van der Waals surface area contributed by atoms with Crippen LogP contribution >= 0.6 is 0 Å². The van der Waals surface area contributed by atoms with Gasteiger partial charge in [-0.15, -0.1) is 0 Å². The summed E-state index contributed by atoms with van der Waals surface area (Å²) in [7, 11) is 0. The molecule has 0 unspecified atom stereocenters. The summed E-state index contributed by atoms with van der Waals surface area (Å²) < 4.78 is 0. The lowest BCUT2D eigenvalue weighted by Crippen LogP contribution is -2.51. The molecule has 0 aliphatic carbocycles. The van der Waals surface area contributed by atoms with E-state index in [9.17, 15) is 0 Å². The zero-order valence-corrected chi connectivity index (χ0v) is 8.87. The van der Waals surface area contributed by atoms with Crippen molar-refractivity contribution in [1.82, 2.24) is 4.90 Å². The molecule has 13 heavy (non-hydrogen) atoms. The lowest BCUT2D eigenvalue weighted by Gasteiger charge is -2.40. The maximum absolute atomic E-state index is 5.86. The van der Waals surface area contributed by atoms with Gasteiger partial charge in [-0.25, -0.2) is 0 Å². The third-order valence-electron chi connectivity index (χ3n) is 3.12. The topological polar surface area (TPSA) is 55.3 Å². The van der Waals surface area contributed by atoms with Crippen LogP contribution < -0.4 is 11.5 Å². The van der Waals surface area contributed by atoms with Crippen LogP contribution in [0.4, 0.5) is 0 Å². The van der Waals surface area contributed by atoms with Gasteiger partial charge in [-0.05, 0) is 26.7 Å². The molecular formula is C10H23N3. The first-order chi connectivity index (χ1) is 6.15. The molecule has 1 heterocycles. The van der Waals surface area contributed by atoms with Gasteiger partial charge in [0.25, 0.3) is 0 Å². The molecule has 1 fully saturated rings. The number of likely N-dealkylation sites (tertiary alicyclic amines) is 1. The van der Waals surface area contributed by atoms with Gasteiger partial charge < -0.3 is 11.5 Å². The maximum atomic E-state index is 5.86. The molecular weight excluding hydrogens is 162 g/mol. The second kappa shape index (κ2) is 4.94. The van der Waals surface area contributed by atoms with Crippen molar-refractivity contribution in [3.63, 3.8) is 0 Å². The molecule has 1 aliphatic heterocycles. The van der Waals surface area contributed by atoms with Crippen LogP contribution in [0.5, 0.6) is 0 Å². The molecule has 0 spiro atoms. The summed E-state index contributed by atoms with van der Waals surface area (Å²) in [6.45, 7) is 6.13. The molecule has 0 aromatic rings. The van der Waals surface area contributed by atoms with E-state index in [1.165, 1.54) is 19.3 Å². The summed E-state index contributed by atoms with van der Waals surface area (Å²) in [6, 6.07) is 1.51. The second-order valence-corrected chi connectivity index (χ2v) is 4.32. The Morgan fingerprint density at radius 2 is 1.85 bits per heavy atom. The van der Waals surface area contributed by atoms with Gasteiger partial charge in [-0.2, -0.15) is 0 Å². The van der Waals surface area contributed by atoms with Crippen LogP contribution in [-0.4, -0.2) is 36.1 Å². The second-order valence-electron chi connectivity index (χ2n) is 4.32. The minimum absolute atomic E-state index is 0.142. The summed E-state index contributed by atoms with van der Waals surface area (Å²) in [6.07, 6.45) is 3.97. The lowest BCUT2D eigenvalue weighted by molar-refractivity contribution is 0.0970. The quantitative estimate of drug-likeness (QED) is 0.674. The Balaban J connectivity index is 2.43. The van der Waals surface area contributed by atoms with E-state index in [4.69, 9.17) is 11.5 Å². The van der Waals surface area contributed by atoms with E-state index in [-0.39, 0.29) is 6.04 Å². The van der Waals surface area contributed by atoms with Crippen molar-refractivity contribution in [1.29, 1.82) is 0 Å². The highest BCUT2D eigenvalue weighted by Gasteiger charge is 2.25. The fraction of sp³-hybridized carbons (Fsp3) is 1.00. The Bertz CT molecular complexity index is 139. The first-order valence-electron chi connectivity index (χ1n) is 5.36. The summed E-state index contributed by atoms with van der Waals surface area (Å²) in [5.74, 6) is 0. The Morgan fingerprint density at radius 1 is 1.31 bits per heavy atom. The Labute approximate surface area is 81.5 Å². The van der Waals surface area contributed by atoms with E-state index >= 15 is 0 Å². The molecule has 0 bridgehead atoms. The Kier molecular flexibility index (Phi) is 4.16. The minimum Gasteiger partial charge on any atom is -0.329 e. The Hall–Kier alpha value is -0.120. The normalized spacial score (nSPS) is 33.2. The van der Waals surface area contributed by atoms with Gasteiger partial charge in [0.1, 0.15) is 0 Å². The van der Waals surface area contributed by atoms with E-state index in [2.05, 4.69) is 18.7 Å². The third-order valence-corrected chi connectivity index (χ3v) is 3.12. The van der Waals surface area contributed by atoms with Crippen LogP contribution in [0.15, 0.2) is 0 Å². The van der Waals surface area contributed by atoms with Crippen molar-refractivity contribution in [2.24, 2.45) is 11.5 Å². The van der Waals surface area contributed by atoms with Crippen molar-refractivity contribution in [2.45, 2.75) is 51.2 Å². The van der Waals surface area contributed by atoms with Crippen molar-refractivity contribution in [2.75, 3.05) is 13.1 Å². The van der Waals surface area contributed by atoms with Gasteiger partial charge in [0.05, 0.1) is 0 Å². The molecule has 1 rings (SSSR count). The van der Waals surface area contributed by atoms with Crippen LogP contribution in [0.25, 0.3) is 0 Å². The first kappa shape index (κ1) is 11.0. The van der Waals surface area contributed by atoms with Gasteiger partial charge >= 0.3 is 0 Å². The molecule has 78 valence electrons.